The molecule has 1 amide bonds. The van der Waals surface area contributed by atoms with Crippen molar-refractivity contribution < 1.29 is 13.2 Å². The smallest absolute Gasteiger partial charge is 0.244 e. The molecule has 0 atom stereocenters. The monoisotopic (exact) mass is 300 g/mol. The van der Waals surface area contributed by atoms with Crippen LogP contribution in [0.4, 0.5) is 11.4 Å². The van der Waals surface area contributed by atoms with Gasteiger partial charge in [-0.1, -0.05) is 6.07 Å². The van der Waals surface area contributed by atoms with Gasteiger partial charge in [0.15, 0.2) is 0 Å². The highest BCUT2D eigenvalue weighted by molar-refractivity contribution is 7.89. The molecule has 8 heteroatoms. The molecule has 0 aromatic heterocycles. The standard InChI is InChI=1S/C12H20N4O3S/c1-14-11(17)8-16(4)9-6-5-7-10(12(9)13)20(18,19)15(2)3/h5-7H,8,13H2,1-4H3,(H,14,17). The number of nitrogens with two attached hydrogens (primary N) is 1. The number of anilines is 2. The number of amides is 1. The lowest BCUT2D eigenvalue weighted by atomic mass is 10.2. The van der Waals surface area contributed by atoms with E-state index < -0.39 is 10.0 Å². The zero-order chi connectivity index (χ0) is 15.5. The number of para-hydroxylation sites is 1. The van der Waals surface area contributed by atoms with Crippen LogP contribution < -0.4 is 16.0 Å². The molecule has 0 spiro atoms. The fourth-order valence-electron chi connectivity index (χ4n) is 1.67. The Bertz CT molecular complexity index is 599. The van der Waals surface area contributed by atoms with Gasteiger partial charge in [-0.15, -0.1) is 0 Å². The predicted molar refractivity (Wildman–Crippen MR) is 79.1 cm³/mol. The summed E-state index contributed by atoms with van der Waals surface area (Å²) in [5, 5.41) is 2.50. The third kappa shape index (κ3) is 3.20. The highest BCUT2D eigenvalue weighted by Gasteiger charge is 2.23. The van der Waals surface area contributed by atoms with Crippen LogP contribution in [0.1, 0.15) is 0 Å². The first-order chi connectivity index (χ1) is 9.21. The van der Waals surface area contributed by atoms with E-state index >= 15 is 0 Å². The number of benzene rings is 1. The molecule has 0 heterocycles. The van der Waals surface area contributed by atoms with Crippen molar-refractivity contribution in [2.75, 3.05) is 45.4 Å². The van der Waals surface area contributed by atoms with E-state index in [9.17, 15) is 13.2 Å². The van der Waals surface area contributed by atoms with Crippen LogP contribution in [0.3, 0.4) is 0 Å². The zero-order valence-corrected chi connectivity index (χ0v) is 12.9. The number of carbonyl (C=O) groups is 1. The highest BCUT2D eigenvalue weighted by atomic mass is 32.2. The van der Waals surface area contributed by atoms with Gasteiger partial charge in [-0.05, 0) is 12.1 Å². The van der Waals surface area contributed by atoms with Crippen molar-refractivity contribution >= 4 is 27.3 Å². The van der Waals surface area contributed by atoms with Crippen LogP contribution in [-0.2, 0) is 14.8 Å². The molecule has 0 aliphatic rings. The lowest BCUT2D eigenvalue weighted by Gasteiger charge is -2.22. The van der Waals surface area contributed by atoms with Crippen LogP contribution in [0.25, 0.3) is 0 Å². The van der Waals surface area contributed by atoms with Crippen LogP contribution in [0.2, 0.25) is 0 Å². The van der Waals surface area contributed by atoms with Crippen molar-refractivity contribution in [2.45, 2.75) is 4.90 Å². The van der Waals surface area contributed by atoms with Gasteiger partial charge in [0.1, 0.15) is 4.90 Å². The topological polar surface area (TPSA) is 95.7 Å². The molecular formula is C12H20N4O3S. The lowest BCUT2D eigenvalue weighted by molar-refractivity contribution is -0.119. The van der Waals surface area contributed by atoms with Crippen LogP contribution >= 0.6 is 0 Å². The van der Waals surface area contributed by atoms with E-state index in [2.05, 4.69) is 5.32 Å². The molecule has 0 bridgehead atoms. The Morgan fingerprint density at radius 2 is 1.90 bits per heavy atom. The van der Waals surface area contributed by atoms with E-state index in [0.29, 0.717) is 5.69 Å². The van der Waals surface area contributed by atoms with Gasteiger partial charge in [-0.3, -0.25) is 4.79 Å². The molecule has 3 N–H and O–H groups in total. The maximum Gasteiger partial charge on any atom is 0.244 e. The molecule has 112 valence electrons. The highest BCUT2D eigenvalue weighted by Crippen LogP contribution is 2.30. The van der Waals surface area contributed by atoms with Gasteiger partial charge in [0.05, 0.1) is 17.9 Å². The lowest BCUT2D eigenvalue weighted by Crippen LogP contribution is -2.33. The number of nitrogen functional groups attached to an aromatic ring is 1. The number of hydrogen-bond donors (Lipinski definition) is 2. The van der Waals surface area contributed by atoms with Crippen molar-refractivity contribution in [3.05, 3.63) is 18.2 Å². The second-order valence-corrected chi connectivity index (χ2v) is 6.63. The summed E-state index contributed by atoms with van der Waals surface area (Å²) in [7, 11) is 2.47. The number of hydrogen-bond acceptors (Lipinski definition) is 5. The fraction of sp³-hybridized carbons (Fsp3) is 0.417. The van der Waals surface area contributed by atoms with Crippen LogP contribution in [0, 0.1) is 0 Å². The number of likely N-dealkylation sites (N-methyl/N-ethyl adjacent to an activating group) is 2. The van der Waals surface area contributed by atoms with E-state index in [0.717, 1.165) is 4.31 Å². The minimum absolute atomic E-state index is 0.0313. The zero-order valence-electron chi connectivity index (χ0n) is 12.0. The molecule has 1 aromatic carbocycles. The van der Waals surface area contributed by atoms with Crippen molar-refractivity contribution in [3.8, 4) is 0 Å². The Hall–Kier alpha value is -1.80. The molecule has 7 nitrogen and oxygen atoms in total. The molecule has 1 aromatic rings. The summed E-state index contributed by atoms with van der Waals surface area (Å²) in [5.74, 6) is -0.187. The first kappa shape index (κ1) is 16.3. The van der Waals surface area contributed by atoms with Crippen LogP contribution in [0.5, 0.6) is 0 Å². The van der Waals surface area contributed by atoms with Crippen molar-refractivity contribution in [2.24, 2.45) is 0 Å². The Morgan fingerprint density at radius 3 is 2.40 bits per heavy atom. The molecule has 0 fully saturated rings. The molecule has 0 aliphatic heterocycles. The van der Waals surface area contributed by atoms with Crippen LogP contribution in [-0.4, -0.2) is 53.4 Å². The maximum atomic E-state index is 12.2. The molecule has 0 radical (unpaired) electrons. The van der Waals surface area contributed by atoms with Gasteiger partial charge >= 0.3 is 0 Å². The minimum atomic E-state index is -3.62. The maximum absolute atomic E-state index is 12.2. The van der Waals surface area contributed by atoms with Gasteiger partial charge in [-0.2, -0.15) is 0 Å². The van der Waals surface area contributed by atoms with Gasteiger partial charge in [-0.25, -0.2) is 12.7 Å². The number of carbonyl (C=O) groups excluding carboxylic acids is 1. The van der Waals surface area contributed by atoms with E-state index in [1.165, 1.54) is 27.2 Å². The molecule has 20 heavy (non-hydrogen) atoms. The SMILES string of the molecule is CNC(=O)CN(C)c1cccc(S(=O)(=O)N(C)C)c1N. The van der Waals surface area contributed by atoms with Gasteiger partial charge < -0.3 is 16.0 Å². The normalized spacial score (nSPS) is 11.4. The van der Waals surface area contributed by atoms with Crippen LogP contribution in [0.15, 0.2) is 23.1 Å². The Kier molecular flexibility index (Phi) is 4.96. The fourth-order valence-corrected chi connectivity index (χ4v) is 2.69. The summed E-state index contributed by atoms with van der Waals surface area (Å²) in [5.41, 5.74) is 6.57. The quantitative estimate of drug-likeness (QED) is 0.728. The minimum Gasteiger partial charge on any atom is -0.396 e. The molecule has 1 rings (SSSR count). The average Bonchev–Trinajstić information content (AvgIpc) is 2.38. The predicted octanol–water partition coefficient (Wildman–Crippen LogP) is -0.299. The van der Waals surface area contributed by atoms with Crippen molar-refractivity contribution in [1.29, 1.82) is 0 Å². The second kappa shape index (κ2) is 6.10. The molecule has 0 unspecified atom stereocenters. The number of sulfonamides is 1. The average molecular weight is 300 g/mol. The Labute approximate surface area is 119 Å². The third-order valence-electron chi connectivity index (χ3n) is 2.87. The number of rotatable bonds is 5. The second-order valence-electron chi connectivity index (χ2n) is 4.51. The summed E-state index contributed by atoms with van der Waals surface area (Å²) < 4.78 is 25.4. The first-order valence-corrected chi connectivity index (χ1v) is 7.38. The number of nitrogens with one attached hydrogen (secondary N) is 1. The Morgan fingerprint density at radius 1 is 1.30 bits per heavy atom. The summed E-state index contributed by atoms with van der Waals surface area (Å²) in [6.07, 6.45) is 0. The first-order valence-electron chi connectivity index (χ1n) is 5.94. The van der Waals surface area contributed by atoms with E-state index in [1.807, 2.05) is 0 Å². The van der Waals surface area contributed by atoms with Gasteiger partial charge in [0.25, 0.3) is 0 Å². The summed E-state index contributed by atoms with van der Waals surface area (Å²) >= 11 is 0. The third-order valence-corrected chi connectivity index (χ3v) is 4.75. The Balaban J connectivity index is 3.23. The van der Waals surface area contributed by atoms with Crippen molar-refractivity contribution in [3.63, 3.8) is 0 Å². The largest absolute Gasteiger partial charge is 0.396 e. The molecule has 0 aliphatic carbocycles. The van der Waals surface area contributed by atoms with Gasteiger partial charge in [0.2, 0.25) is 15.9 Å². The summed E-state index contributed by atoms with van der Waals surface area (Å²) in [6.45, 7) is 0.0894. The van der Waals surface area contributed by atoms with Crippen molar-refractivity contribution in [1.82, 2.24) is 9.62 Å². The summed E-state index contributed by atoms with van der Waals surface area (Å²) in [6, 6.07) is 4.72. The molecule has 0 saturated carbocycles. The van der Waals surface area contributed by atoms with Gasteiger partial charge in [0, 0.05) is 28.2 Å². The van der Waals surface area contributed by atoms with E-state index in [4.69, 9.17) is 5.73 Å². The van der Waals surface area contributed by atoms with E-state index in [-0.39, 0.29) is 23.0 Å². The molecular weight excluding hydrogens is 280 g/mol. The molecule has 0 saturated heterocycles. The number of nitrogens with zero attached hydrogens (tertiary/aromatic N) is 2. The van der Waals surface area contributed by atoms with E-state index in [1.54, 1.807) is 24.1 Å². The summed E-state index contributed by atoms with van der Waals surface area (Å²) in [4.78, 5) is 13.0.